The van der Waals surface area contributed by atoms with Crippen molar-refractivity contribution in [1.82, 2.24) is 35.6 Å². The van der Waals surface area contributed by atoms with Crippen LogP contribution in [0.2, 0.25) is 0 Å². The average Bonchev–Trinajstić information content (AvgIpc) is 3.57. The molecule has 0 bridgehead atoms. The summed E-state index contributed by atoms with van der Waals surface area (Å²) in [5.74, 6) is -3.21. The van der Waals surface area contributed by atoms with Gasteiger partial charge in [-0.3, -0.25) is 29.0 Å². The van der Waals surface area contributed by atoms with Crippen molar-refractivity contribution >= 4 is 61.7 Å². The predicted molar refractivity (Wildman–Crippen MR) is 297 cm³/mol. The molecule has 3 atom stereocenters. The fourth-order valence-electron chi connectivity index (χ4n) is 8.85. The lowest BCUT2D eigenvalue weighted by Gasteiger charge is -2.39. The summed E-state index contributed by atoms with van der Waals surface area (Å²) in [6.45, 7) is 13.7. The number of rotatable bonds is 24. The number of aliphatic imine (C=N–C) groups is 1. The highest BCUT2D eigenvalue weighted by Crippen LogP contribution is 2.32. The largest absolute Gasteiger partial charge is 0.496 e. The molecule has 1 saturated heterocycles. The summed E-state index contributed by atoms with van der Waals surface area (Å²) in [4.78, 5) is 86.9. The zero-order chi connectivity index (χ0) is 59.3. The van der Waals surface area contributed by atoms with Crippen LogP contribution >= 0.6 is 0 Å². The molecule has 0 radical (unpaired) electrons. The first-order valence-corrected chi connectivity index (χ1v) is 28.6. The molecule has 1 aliphatic rings. The molecular weight excluding hydrogens is 1070 g/mol. The monoisotopic (exact) mass is 1150 g/mol. The van der Waals surface area contributed by atoms with Gasteiger partial charge in [0.2, 0.25) is 39.6 Å². The van der Waals surface area contributed by atoms with Crippen molar-refractivity contribution in [3.05, 3.63) is 117 Å². The summed E-state index contributed by atoms with van der Waals surface area (Å²) in [5.41, 5.74) is 10.2. The number of piperazine rings is 1. The molecule has 0 unspecified atom stereocenters. The number of hydrogen-bond acceptors (Lipinski definition) is 15. The molecule has 80 heavy (non-hydrogen) atoms. The van der Waals surface area contributed by atoms with Gasteiger partial charge in [-0.2, -0.15) is 0 Å². The van der Waals surface area contributed by atoms with Crippen LogP contribution in [0.25, 0.3) is 0 Å². The van der Waals surface area contributed by atoms with Gasteiger partial charge in [-0.25, -0.2) is 31.1 Å². The molecule has 0 saturated carbocycles. The van der Waals surface area contributed by atoms with Crippen molar-refractivity contribution in [2.75, 3.05) is 33.9 Å². The Kier molecular flexibility index (Phi) is 21.6. The molecule has 434 valence electrons. The first kappa shape index (κ1) is 63.1. The number of methoxy groups -OCH3 is 2. The molecule has 23 nitrogen and oxygen atoms in total. The fourth-order valence-corrected chi connectivity index (χ4v) is 11.9. The Morgan fingerprint density at radius 3 is 1.93 bits per heavy atom. The average molecular weight is 1150 g/mol. The summed E-state index contributed by atoms with van der Waals surface area (Å²) in [6.07, 6.45) is -1.58. The van der Waals surface area contributed by atoms with E-state index in [1.807, 2.05) is 0 Å². The Bertz CT molecular complexity index is 3200. The number of nitrogens with zero attached hydrogens (tertiary/aromatic N) is 2. The fraction of sp³-hybridized carbons (Fsp3) is 0.436. The highest BCUT2D eigenvalue weighted by atomic mass is 32.2. The maximum atomic E-state index is 14.4. The minimum atomic E-state index is -4.21. The number of benzene rings is 4. The maximum absolute atomic E-state index is 14.4. The van der Waals surface area contributed by atoms with Crippen LogP contribution in [0.5, 0.6) is 11.5 Å². The molecule has 25 heteroatoms. The van der Waals surface area contributed by atoms with E-state index in [1.165, 1.54) is 19.1 Å². The molecule has 5 rings (SSSR count). The number of esters is 1. The molecule has 0 aliphatic carbocycles. The summed E-state index contributed by atoms with van der Waals surface area (Å²) >= 11 is 0. The van der Waals surface area contributed by atoms with Crippen LogP contribution in [0, 0.1) is 41.5 Å². The molecule has 4 aromatic carbocycles. The summed E-state index contributed by atoms with van der Waals surface area (Å²) < 4.78 is 80.4. The topological polar surface area (TPSA) is 321 Å². The van der Waals surface area contributed by atoms with E-state index in [4.69, 9.17) is 24.7 Å². The van der Waals surface area contributed by atoms with Gasteiger partial charge in [-0.05, 0) is 137 Å². The van der Waals surface area contributed by atoms with Gasteiger partial charge in [0.15, 0.2) is 0 Å². The van der Waals surface area contributed by atoms with E-state index in [1.54, 1.807) is 129 Å². The molecule has 1 aliphatic heterocycles. The van der Waals surface area contributed by atoms with Gasteiger partial charge in [0.05, 0.1) is 37.0 Å². The van der Waals surface area contributed by atoms with E-state index < -0.39 is 98.4 Å². The van der Waals surface area contributed by atoms with Crippen LogP contribution in [0.4, 0.5) is 4.79 Å². The van der Waals surface area contributed by atoms with Crippen molar-refractivity contribution < 1.29 is 64.6 Å². The second-order valence-electron chi connectivity index (χ2n) is 20.2. The number of amides is 5. The predicted octanol–water partition coefficient (Wildman–Crippen LogP) is 3.56. The van der Waals surface area contributed by atoms with Crippen molar-refractivity contribution in [2.45, 2.75) is 135 Å². The van der Waals surface area contributed by atoms with E-state index in [0.717, 1.165) is 0 Å². The number of hydrogen-bond donors (Lipinski definition) is 7. The quantitative estimate of drug-likeness (QED) is 0.0228. The third-order valence-electron chi connectivity index (χ3n) is 13.1. The number of aryl methyl sites for hydroxylation is 2. The van der Waals surface area contributed by atoms with Gasteiger partial charge >= 0.3 is 12.1 Å². The van der Waals surface area contributed by atoms with Gasteiger partial charge in [-0.15, -0.1) is 0 Å². The smallest absolute Gasteiger partial charge is 0.407 e. The van der Waals surface area contributed by atoms with Gasteiger partial charge in [0.25, 0.3) is 10.0 Å². The first-order valence-electron chi connectivity index (χ1n) is 25.6. The molecule has 5 amide bonds. The third kappa shape index (κ3) is 17.1. The van der Waals surface area contributed by atoms with Gasteiger partial charge in [0, 0.05) is 19.6 Å². The molecule has 0 spiro atoms. The highest BCUT2D eigenvalue weighted by molar-refractivity contribution is 7.90. The minimum Gasteiger partial charge on any atom is -0.496 e. The highest BCUT2D eigenvalue weighted by Gasteiger charge is 2.42. The summed E-state index contributed by atoms with van der Waals surface area (Å²) in [6, 6.07) is 14.6. The zero-order valence-corrected chi connectivity index (χ0v) is 48.6. The third-order valence-corrected chi connectivity index (χ3v) is 16.4. The van der Waals surface area contributed by atoms with Crippen LogP contribution in [-0.4, -0.2) is 121 Å². The first-order chi connectivity index (χ1) is 37.5. The number of guanidine groups is 1. The normalized spacial score (nSPS) is 15.3. The Balaban J connectivity index is 1.31. The number of nitrogens with two attached hydrogens (primary N) is 1. The Hall–Kier alpha value is -7.77. The van der Waals surface area contributed by atoms with Crippen LogP contribution in [0.3, 0.4) is 0 Å². The lowest BCUT2D eigenvalue weighted by molar-refractivity contribution is -0.151. The number of nitrogens with one attached hydrogen (secondary N) is 6. The lowest BCUT2D eigenvalue weighted by atomic mass is 10.0. The standard InChI is InChI=1S/C55H73N9O14S2/c1-32-24-44(75-10)34(3)36(5)48(32)79(71,72)60-27-38-19-21-39(22-20-38)30-64-43(28-59-54(70)78-55(7,8)9)51(68)62-42(52(64)69)26-46(65)61-41(50(67)58-29-47(66)77-31-40-16-13-12-14-17-40)18-15-23-57-53(56)63-80(73,74)49-33(2)25-45(76-11)35(4)37(49)6/h12-14,16-17,19-22,24-25,41-43,60H,15,18,23,26-31H2,1-11H3,(H,58,67)(H,59,70)(H,61,65)(H,62,68)(H3,56,57,63)/t41-,42-,43+/m0/s1. The van der Waals surface area contributed by atoms with E-state index in [0.29, 0.717) is 61.6 Å². The number of alkyl carbamates (subject to hydrolysis) is 1. The number of sulfonamides is 2. The second kappa shape index (κ2) is 27.4. The van der Waals surface area contributed by atoms with Crippen LogP contribution in [0.1, 0.15) is 90.1 Å². The van der Waals surface area contributed by atoms with Crippen molar-refractivity contribution in [2.24, 2.45) is 10.7 Å². The van der Waals surface area contributed by atoms with E-state index in [2.05, 4.69) is 35.7 Å². The second-order valence-corrected chi connectivity index (χ2v) is 23.5. The Morgan fingerprint density at radius 2 is 1.35 bits per heavy atom. The van der Waals surface area contributed by atoms with Crippen molar-refractivity contribution in [3.8, 4) is 11.5 Å². The SMILES string of the molecule is COc1cc(C)c(S(=O)(=O)NCc2ccc(CN3C(=O)[C@H](CC(=O)N[C@@H](CCCN=C(N)NS(=O)(=O)c4c(C)cc(OC)c(C)c4C)C(=O)NCC(=O)OCc4ccccc4)NC(=O)[C@H]3CNC(=O)OC(C)(C)C)cc2)c(C)c1C. The maximum Gasteiger partial charge on any atom is 0.407 e. The molecule has 0 aromatic heterocycles. The summed E-state index contributed by atoms with van der Waals surface area (Å²) in [5, 5.41) is 10.2. The van der Waals surface area contributed by atoms with Gasteiger partial charge in [-0.1, -0.05) is 54.6 Å². The van der Waals surface area contributed by atoms with Crippen molar-refractivity contribution in [1.29, 1.82) is 0 Å². The van der Waals surface area contributed by atoms with Crippen molar-refractivity contribution in [3.63, 3.8) is 0 Å². The van der Waals surface area contributed by atoms with Gasteiger partial charge < -0.3 is 50.8 Å². The zero-order valence-electron chi connectivity index (χ0n) is 47.0. The Morgan fingerprint density at radius 1 is 0.775 bits per heavy atom. The van der Waals surface area contributed by atoms with Crippen LogP contribution < -0.4 is 45.9 Å². The van der Waals surface area contributed by atoms with Crippen LogP contribution in [0.15, 0.2) is 81.5 Å². The molecule has 4 aromatic rings. The minimum absolute atomic E-state index is 0.000406. The molecule has 1 heterocycles. The number of carbonyl (C=O) groups excluding carboxylic acids is 6. The number of carbonyl (C=O) groups is 6. The number of ether oxygens (including phenoxy) is 4. The van der Waals surface area contributed by atoms with Gasteiger partial charge in [0.1, 0.15) is 48.4 Å². The van der Waals surface area contributed by atoms with Crippen LogP contribution in [-0.2, 0) is 73.2 Å². The lowest BCUT2D eigenvalue weighted by Crippen LogP contribution is -2.66. The van der Waals surface area contributed by atoms with E-state index >= 15 is 0 Å². The molecule has 1 fully saturated rings. The molecule has 8 N–H and O–H groups in total. The van der Waals surface area contributed by atoms with E-state index in [-0.39, 0.29) is 55.4 Å². The molecular formula is C55H73N9O14S2. The van der Waals surface area contributed by atoms with E-state index in [9.17, 15) is 45.6 Å². The Labute approximate surface area is 467 Å². The summed E-state index contributed by atoms with van der Waals surface area (Å²) in [7, 11) is -5.19.